The van der Waals surface area contributed by atoms with Crippen molar-refractivity contribution in [2.45, 2.75) is 38.5 Å². The molecule has 0 radical (unpaired) electrons. The van der Waals surface area contributed by atoms with Crippen molar-refractivity contribution in [3.05, 3.63) is 11.9 Å². The predicted molar refractivity (Wildman–Crippen MR) is 80.0 cm³/mol. The molecule has 0 bridgehead atoms. The number of methoxy groups -OCH3 is 2. The maximum absolute atomic E-state index is 6.44. The lowest BCUT2D eigenvalue weighted by atomic mass is 9.91. The van der Waals surface area contributed by atoms with Gasteiger partial charge in [-0.15, -0.1) is 0 Å². The first-order valence-corrected chi connectivity index (χ1v) is 6.94. The Morgan fingerprint density at radius 3 is 2.55 bits per heavy atom. The van der Waals surface area contributed by atoms with E-state index in [4.69, 9.17) is 15.2 Å². The molecule has 2 atom stereocenters. The van der Waals surface area contributed by atoms with Crippen LogP contribution in [-0.4, -0.2) is 55.1 Å². The Morgan fingerprint density at radius 1 is 1.45 bits per heavy atom. The van der Waals surface area contributed by atoms with E-state index in [1.54, 1.807) is 20.4 Å². The molecule has 2 unspecified atom stereocenters. The van der Waals surface area contributed by atoms with Crippen molar-refractivity contribution < 1.29 is 9.47 Å². The molecule has 0 spiro atoms. The normalized spacial score (nSPS) is 16.2. The van der Waals surface area contributed by atoms with Gasteiger partial charge in [0.05, 0.1) is 31.5 Å². The zero-order valence-electron chi connectivity index (χ0n) is 13.5. The maximum atomic E-state index is 6.44. The molecular formula is C14H28N4O2. The molecule has 0 aromatic carbocycles. The molecule has 20 heavy (non-hydrogen) atoms. The molecule has 1 heterocycles. The van der Waals surface area contributed by atoms with Crippen LogP contribution < -0.4 is 10.5 Å². The van der Waals surface area contributed by atoms with Gasteiger partial charge < -0.3 is 20.1 Å². The van der Waals surface area contributed by atoms with Crippen molar-refractivity contribution in [1.82, 2.24) is 14.7 Å². The van der Waals surface area contributed by atoms with E-state index < -0.39 is 5.60 Å². The molecular weight excluding hydrogens is 256 g/mol. The van der Waals surface area contributed by atoms with Crippen molar-refractivity contribution in [3.63, 3.8) is 0 Å². The van der Waals surface area contributed by atoms with E-state index in [0.29, 0.717) is 5.75 Å². The molecule has 1 rings (SSSR count). The van der Waals surface area contributed by atoms with Crippen LogP contribution >= 0.6 is 0 Å². The lowest BCUT2D eigenvalue weighted by Crippen LogP contribution is -2.41. The fraction of sp³-hybridized carbons (Fsp3) is 0.786. The molecule has 0 aliphatic heterocycles. The minimum absolute atomic E-state index is 0.294. The monoisotopic (exact) mass is 284 g/mol. The summed E-state index contributed by atoms with van der Waals surface area (Å²) in [5, 5.41) is 4.39. The first-order valence-electron chi connectivity index (χ1n) is 6.94. The smallest absolute Gasteiger partial charge is 0.161 e. The van der Waals surface area contributed by atoms with Gasteiger partial charge >= 0.3 is 0 Å². The van der Waals surface area contributed by atoms with Crippen LogP contribution in [0.25, 0.3) is 0 Å². The number of hydrogen-bond donors (Lipinski definition) is 1. The van der Waals surface area contributed by atoms with Crippen LogP contribution in [-0.2, 0) is 11.3 Å². The van der Waals surface area contributed by atoms with Gasteiger partial charge in [-0.3, -0.25) is 4.68 Å². The van der Waals surface area contributed by atoms with Crippen LogP contribution in [0.2, 0.25) is 0 Å². The Labute approximate surface area is 121 Å². The van der Waals surface area contributed by atoms with Crippen molar-refractivity contribution >= 4 is 0 Å². The van der Waals surface area contributed by atoms with E-state index in [1.165, 1.54) is 0 Å². The van der Waals surface area contributed by atoms with Crippen molar-refractivity contribution in [2.75, 3.05) is 34.9 Å². The van der Waals surface area contributed by atoms with Crippen LogP contribution in [0.15, 0.2) is 6.20 Å². The number of hydrogen-bond acceptors (Lipinski definition) is 5. The van der Waals surface area contributed by atoms with Crippen LogP contribution in [0.4, 0.5) is 0 Å². The SMILES string of the molecule is CCC(C)(OC)C(N)c1c(OC)cnn1CCN(C)C. The van der Waals surface area contributed by atoms with E-state index in [1.807, 2.05) is 25.7 Å². The van der Waals surface area contributed by atoms with Gasteiger partial charge in [-0.25, -0.2) is 0 Å². The maximum Gasteiger partial charge on any atom is 0.161 e. The topological polar surface area (TPSA) is 65.5 Å². The van der Waals surface area contributed by atoms with Crippen LogP contribution in [0.5, 0.6) is 5.75 Å². The van der Waals surface area contributed by atoms with Gasteiger partial charge in [-0.05, 0) is 27.4 Å². The summed E-state index contributed by atoms with van der Waals surface area (Å²) >= 11 is 0. The van der Waals surface area contributed by atoms with Gasteiger partial charge in [-0.2, -0.15) is 5.10 Å². The number of rotatable bonds is 8. The summed E-state index contributed by atoms with van der Waals surface area (Å²) in [6.07, 6.45) is 2.53. The summed E-state index contributed by atoms with van der Waals surface area (Å²) in [7, 11) is 7.40. The van der Waals surface area contributed by atoms with E-state index in [0.717, 1.165) is 25.2 Å². The molecule has 0 fully saturated rings. The highest BCUT2D eigenvalue weighted by atomic mass is 16.5. The molecule has 116 valence electrons. The Balaban J connectivity index is 3.10. The Kier molecular flexibility index (Phi) is 5.98. The van der Waals surface area contributed by atoms with Crippen LogP contribution in [0, 0.1) is 0 Å². The zero-order valence-corrected chi connectivity index (χ0v) is 13.5. The van der Waals surface area contributed by atoms with Crippen molar-refractivity contribution in [2.24, 2.45) is 5.73 Å². The summed E-state index contributed by atoms with van der Waals surface area (Å²) in [6, 6.07) is -0.294. The van der Waals surface area contributed by atoms with Gasteiger partial charge in [-0.1, -0.05) is 6.92 Å². The fourth-order valence-corrected chi connectivity index (χ4v) is 2.10. The van der Waals surface area contributed by atoms with Gasteiger partial charge in [0.2, 0.25) is 0 Å². The Morgan fingerprint density at radius 2 is 2.10 bits per heavy atom. The summed E-state index contributed by atoms with van der Waals surface area (Å²) in [5.74, 6) is 0.716. The highest BCUT2D eigenvalue weighted by Crippen LogP contribution is 2.34. The van der Waals surface area contributed by atoms with E-state index in [-0.39, 0.29) is 6.04 Å². The van der Waals surface area contributed by atoms with E-state index in [2.05, 4.69) is 16.9 Å². The third kappa shape index (κ3) is 3.50. The Hall–Kier alpha value is -1.11. The van der Waals surface area contributed by atoms with Crippen LogP contribution in [0.3, 0.4) is 0 Å². The number of nitrogens with two attached hydrogens (primary N) is 1. The highest BCUT2D eigenvalue weighted by molar-refractivity contribution is 5.30. The largest absolute Gasteiger partial charge is 0.493 e. The predicted octanol–water partition coefficient (Wildman–Crippen LogP) is 1.27. The average Bonchev–Trinajstić information content (AvgIpc) is 2.86. The summed E-state index contributed by atoms with van der Waals surface area (Å²) in [6.45, 7) is 5.74. The van der Waals surface area contributed by atoms with Gasteiger partial charge in [0.1, 0.15) is 5.69 Å². The molecule has 1 aromatic rings. The first kappa shape index (κ1) is 16.9. The summed E-state index contributed by atoms with van der Waals surface area (Å²) < 4.78 is 12.9. The van der Waals surface area contributed by atoms with E-state index in [9.17, 15) is 0 Å². The van der Waals surface area contributed by atoms with Crippen LogP contribution in [0.1, 0.15) is 32.0 Å². The number of nitrogens with zero attached hydrogens (tertiary/aromatic N) is 3. The minimum atomic E-state index is -0.441. The number of aromatic nitrogens is 2. The van der Waals surface area contributed by atoms with Gasteiger partial charge in [0.15, 0.2) is 5.75 Å². The quantitative estimate of drug-likeness (QED) is 0.778. The second-order valence-electron chi connectivity index (χ2n) is 5.47. The second kappa shape index (κ2) is 7.06. The zero-order chi connectivity index (χ0) is 15.3. The third-order valence-corrected chi connectivity index (χ3v) is 3.94. The summed E-state index contributed by atoms with van der Waals surface area (Å²) in [5.41, 5.74) is 6.89. The molecule has 6 heteroatoms. The average molecular weight is 284 g/mol. The number of ether oxygens (including phenoxy) is 2. The number of likely N-dealkylation sites (N-methyl/N-ethyl adjacent to an activating group) is 1. The van der Waals surface area contributed by atoms with Gasteiger partial charge in [0, 0.05) is 13.7 Å². The fourth-order valence-electron chi connectivity index (χ4n) is 2.10. The van der Waals surface area contributed by atoms with Gasteiger partial charge in [0.25, 0.3) is 0 Å². The molecule has 6 nitrogen and oxygen atoms in total. The molecule has 2 N–H and O–H groups in total. The minimum Gasteiger partial charge on any atom is -0.493 e. The molecule has 0 saturated carbocycles. The molecule has 0 saturated heterocycles. The third-order valence-electron chi connectivity index (χ3n) is 3.94. The highest BCUT2D eigenvalue weighted by Gasteiger charge is 2.35. The second-order valence-corrected chi connectivity index (χ2v) is 5.47. The summed E-state index contributed by atoms with van der Waals surface area (Å²) in [4.78, 5) is 2.11. The van der Waals surface area contributed by atoms with Crippen molar-refractivity contribution in [1.29, 1.82) is 0 Å². The molecule has 0 aliphatic carbocycles. The molecule has 1 aromatic heterocycles. The first-order chi connectivity index (χ1) is 9.39. The van der Waals surface area contributed by atoms with Crippen molar-refractivity contribution in [3.8, 4) is 5.75 Å². The lowest BCUT2D eigenvalue weighted by Gasteiger charge is -2.33. The standard InChI is InChI=1S/C14H28N4O2/c1-7-14(2,20-6)13(15)12-11(19-5)10-16-18(12)9-8-17(3)4/h10,13H,7-9,15H2,1-6H3. The lowest BCUT2D eigenvalue weighted by molar-refractivity contribution is -0.0221. The molecule has 0 aliphatic rings. The van der Waals surface area contributed by atoms with E-state index >= 15 is 0 Å². The molecule has 0 amide bonds. The Bertz CT molecular complexity index is 413.